The maximum absolute atomic E-state index is 11.5. The van der Waals surface area contributed by atoms with Crippen molar-refractivity contribution in [3.8, 4) is 5.69 Å². The summed E-state index contributed by atoms with van der Waals surface area (Å²) in [6, 6.07) is 18.5. The Kier molecular flexibility index (Phi) is 5.67. The third kappa shape index (κ3) is 3.86. The second kappa shape index (κ2) is 8.79. The van der Waals surface area contributed by atoms with Crippen LogP contribution >= 0.6 is 12.2 Å². The highest BCUT2D eigenvalue weighted by atomic mass is 32.1. The first-order valence-corrected chi connectivity index (χ1v) is 11.4. The number of nitrogens with one attached hydrogen (secondary N) is 1. The van der Waals surface area contributed by atoms with Gasteiger partial charge in [-0.1, -0.05) is 12.1 Å². The zero-order valence-corrected chi connectivity index (χ0v) is 19.6. The number of carboxylic acid groups (broad SMARTS) is 1. The summed E-state index contributed by atoms with van der Waals surface area (Å²) in [6.45, 7) is 4.60. The number of nitrogens with zero attached hydrogens (tertiary/aromatic N) is 3. The van der Waals surface area contributed by atoms with Crippen LogP contribution in [-0.4, -0.2) is 30.6 Å². The first kappa shape index (κ1) is 21.9. The number of benzene rings is 1. The Labute approximate surface area is 202 Å². The van der Waals surface area contributed by atoms with Crippen molar-refractivity contribution in [2.45, 2.75) is 32.5 Å². The van der Waals surface area contributed by atoms with Gasteiger partial charge >= 0.3 is 5.97 Å². The molecule has 3 aromatic heterocycles. The third-order valence-corrected chi connectivity index (χ3v) is 6.60. The molecule has 1 fully saturated rings. The molecule has 0 spiro atoms. The van der Waals surface area contributed by atoms with Crippen molar-refractivity contribution >= 4 is 23.3 Å². The van der Waals surface area contributed by atoms with Crippen molar-refractivity contribution in [2.24, 2.45) is 0 Å². The quantitative estimate of drug-likeness (QED) is 0.384. The highest BCUT2D eigenvalue weighted by Crippen LogP contribution is 2.42. The van der Waals surface area contributed by atoms with Gasteiger partial charge in [0.05, 0.1) is 36.1 Å². The lowest BCUT2D eigenvalue weighted by molar-refractivity contribution is 0.0697. The number of pyridine rings is 1. The van der Waals surface area contributed by atoms with Crippen LogP contribution in [0, 0.1) is 13.8 Å². The van der Waals surface area contributed by atoms with E-state index in [1.807, 2.05) is 43.3 Å². The van der Waals surface area contributed by atoms with Gasteiger partial charge < -0.3 is 24.3 Å². The Morgan fingerprint density at radius 3 is 2.71 bits per heavy atom. The highest BCUT2D eigenvalue weighted by molar-refractivity contribution is 7.80. The normalized spacial score (nSPS) is 17.7. The third-order valence-electron chi connectivity index (χ3n) is 6.24. The second-order valence-corrected chi connectivity index (χ2v) is 8.74. The van der Waals surface area contributed by atoms with Gasteiger partial charge in [-0.05, 0) is 80.2 Å². The van der Waals surface area contributed by atoms with Gasteiger partial charge in [-0.15, -0.1) is 0 Å². The number of aromatic carboxylic acids is 1. The minimum Gasteiger partial charge on any atom is -0.478 e. The van der Waals surface area contributed by atoms with E-state index in [1.165, 1.54) is 0 Å². The number of aryl methyl sites for hydroxylation is 1. The molecule has 1 aliphatic heterocycles. The number of aromatic nitrogens is 2. The first-order chi connectivity index (χ1) is 16.4. The molecular formula is C26H24N4O3S. The van der Waals surface area contributed by atoms with Crippen molar-refractivity contribution in [3.05, 3.63) is 107 Å². The van der Waals surface area contributed by atoms with E-state index >= 15 is 0 Å². The molecule has 1 saturated heterocycles. The van der Waals surface area contributed by atoms with E-state index in [4.69, 9.17) is 16.6 Å². The van der Waals surface area contributed by atoms with Crippen LogP contribution in [0.15, 0.2) is 77.5 Å². The predicted molar refractivity (Wildman–Crippen MR) is 132 cm³/mol. The number of hydrogen-bond acceptors (Lipinski definition) is 4. The average molecular weight is 473 g/mol. The van der Waals surface area contributed by atoms with Crippen LogP contribution in [0.2, 0.25) is 0 Å². The molecule has 0 radical (unpaired) electrons. The van der Waals surface area contributed by atoms with Crippen molar-refractivity contribution in [1.29, 1.82) is 0 Å². The van der Waals surface area contributed by atoms with E-state index in [0.29, 0.717) is 11.7 Å². The summed E-state index contributed by atoms with van der Waals surface area (Å²) in [7, 11) is 0. The van der Waals surface area contributed by atoms with Crippen LogP contribution in [-0.2, 0) is 6.54 Å². The zero-order chi connectivity index (χ0) is 23.8. The fourth-order valence-electron chi connectivity index (χ4n) is 4.75. The summed E-state index contributed by atoms with van der Waals surface area (Å²) in [4.78, 5) is 18.3. The summed E-state index contributed by atoms with van der Waals surface area (Å²) < 4.78 is 7.71. The topological polar surface area (TPSA) is 83.5 Å². The Balaban J connectivity index is 1.62. The lowest BCUT2D eigenvalue weighted by Gasteiger charge is -2.27. The largest absolute Gasteiger partial charge is 0.478 e. The van der Waals surface area contributed by atoms with Crippen LogP contribution < -0.4 is 5.32 Å². The molecule has 2 atom stereocenters. The van der Waals surface area contributed by atoms with Gasteiger partial charge in [-0.3, -0.25) is 4.98 Å². The minimum atomic E-state index is -0.949. The van der Waals surface area contributed by atoms with Gasteiger partial charge in [-0.25, -0.2) is 4.79 Å². The summed E-state index contributed by atoms with van der Waals surface area (Å²) in [5, 5.41) is 13.6. The predicted octanol–water partition coefficient (Wildman–Crippen LogP) is 4.95. The van der Waals surface area contributed by atoms with Crippen molar-refractivity contribution < 1.29 is 14.3 Å². The molecule has 4 heterocycles. The molecule has 0 amide bonds. The van der Waals surface area contributed by atoms with Gasteiger partial charge in [0.25, 0.3) is 0 Å². The molecule has 5 rings (SSSR count). The minimum absolute atomic E-state index is 0.130. The number of thiocarbonyl (C=S) groups is 1. The Morgan fingerprint density at radius 1 is 1.15 bits per heavy atom. The van der Waals surface area contributed by atoms with E-state index in [1.54, 1.807) is 30.7 Å². The van der Waals surface area contributed by atoms with E-state index in [9.17, 15) is 9.90 Å². The van der Waals surface area contributed by atoms with E-state index < -0.39 is 5.97 Å². The molecule has 0 unspecified atom stereocenters. The molecule has 1 aliphatic rings. The van der Waals surface area contributed by atoms with Gasteiger partial charge in [0, 0.05) is 23.3 Å². The fourth-order valence-corrected chi connectivity index (χ4v) is 5.05. The summed E-state index contributed by atoms with van der Waals surface area (Å²) in [5.74, 6) is -0.131. The van der Waals surface area contributed by atoms with Crippen molar-refractivity contribution in [3.63, 3.8) is 0 Å². The highest BCUT2D eigenvalue weighted by Gasteiger charge is 2.41. The number of carbonyl (C=O) groups is 1. The van der Waals surface area contributed by atoms with Crippen LogP contribution in [0.3, 0.4) is 0 Å². The molecule has 2 N–H and O–H groups in total. The number of furan rings is 1. The number of carboxylic acids is 1. The molecular weight excluding hydrogens is 448 g/mol. The Hall–Kier alpha value is -3.91. The van der Waals surface area contributed by atoms with Crippen molar-refractivity contribution in [1.82, 2.24) is 19.8 Å². The van der Waals surface area contributed by atoms with Crippen LogP contribution in [0.25, 0.3) is 5.69 Å². The van der Waals surface area contributed by atoms with Gasteiger partial charge in [0.1, 0.15) is 5.76 Å². The standard InChI is InChI=1S/C26H24N4O3S/c1-16-13-21(17(2)30(16)19-8-5-7-18(14-19)25(31)32)24-23(22-10-3-4-11-27-22)28-26(34)29(24)15-20-9-6-12-33-20/h3-14,23-24H,15H2,1-2H3,(H,28,34)(H,31,32)/t23-,24+/m0/s1. The smallest absolute Gasteiger partial charge is 0.335 e. The number of hydrogen-bond donors (Lipinski definition) is 2. The molecule has 8 heteroatoms. The van der Waals surface area contributed by atoms with E-state index in [2.05, 4.69) is 32.8 Å². The van der Waals surface area contributed by atoms with Gasteiger partial charge in [0.15, 0.2) is 5.11 Å². The maximum atomic E-state index is 11.5. The van der Waals surface area contributed by atoms with E-state index in [0.717, 1.165) is 34.1 Å². The fraction of sp³-hybridized carbons (Fsp3) is 0.192. The molecule has 0 saturated carbocycles. The first-order valence-electron chi connectivity index (χ1n) is 11.0. The zero-order valence-electron chi connectivity index (χ0n) is 18.8. The second-order valence-electron chi connectivity index (χ2n) is 8.35. The molecule has 0 aliphatic carbocycles. The molecule has 0 bridgehead atoms. The summed E-state index contributed by atoms with van der Waals surface area (Å²) in [5.41, 5.74) is 5.07. The van der Waals surface area contributed by atoms with Crippen LogP contribution in [0.1, 0.15) is 50.8 Å². The average Bonchev–Trinajstić information content (AvgIpc) is 3.53. The maximum Gasteiger partial charge on any atom is 0.335 e. The Bertz CT molecular complexity index is 1350. The summed E-state index contributed by atoms with van der Waals surface area (Å²) >= 11 is 5.76. The summed E-state index contributed by atoms with van der Waals surface area (Å²) in [6.07, 6.45) is 3.45. The van der Waals surface area contributed by atoms with Gasteiger partial charge in [0.2, 0.25) is 0 Å². The monoisotopic (exact) mass is 472 g/mol. The van der Waals surface area contributed by atoms with E-state index in [-0.39, 0.29) is 17.6 Å². The van der Waals surface area contributed by atoms with Crippen LogP contribution in [0.5, 0.6) is 0 Å². The molecule has 172 valence electrons. The SMILES string of the molecule is Cc1cc([C@@H]2[C@H](c3ccccn3)NC(=S)N2Cc2ccco2)c(C)n1-c1cccc(C(=O)O)c1. The van der Waals surface area contributed by atoms with Crippen LogP contribution in [0.4, 0.5) is 0 Å². The lowest BCUT2D eigenvalue weighted by Crippen LogP contribution is -2.29. The lowest BCUT2D eigenvalue weighted by atomic mass is 9.96. The molecule has 7 nitrogen and oxygen atoms in total. The molecule has 34 heavy (non-hydrogen) atoms. The molecule has 4 aromatic rings. The molecule has 1 aromatic carbocycles. The van der Waals surface area contributed by atoms with Crippen molar-refractivity contribution in [2.75, 3.05) is 0 Å². The number of rotatable bonds is 6. The Morgan fingerprint density at radius 2 is 2.00 bits per heavy atom. The van der Waals surface area contributed by atoms with Gasteiger partial charge in [-0.2, -0.15) is 0 Å².